The predicted molar refractivity (Wildman–Crippen MR) is 114 cm³/mol. The number of ketones is 1. The molecule has 3 rings (SSSR count). The Hall–Kier alpha value is -2.97. The molecule has 0 spiro atoms. The van der Waals surface area contributed by atoms with Crippen molar-refractivity contribution in [1.82, 2.24) is 4.57 Å². The van der Waals surface area contributed by atoms with E-state index in [1.54, 1.807) is 48.0 Å². The molecular formula is C22H23FN2O4S. The van der Waals surface area contributed by atoms with Crippen molar-refractivity contribution in [2.24, 2.45) is 7.05 Å². The minimum Gasteiger partial charge on any atom is -0.395 e. The van der Waals surface area contributed by atoms with Crippen LogP contribution in [0.4, 0.5) is 10.1 Å². The van der Waals surface area contributed by atoms with Gasteiger partial charge in [-0.2, -0.15) is 0 Å². The Bertz CT molecular complexity index is 1150. The molecule has 0 aliphatic heterocycles. The van der Waals surface area contributed by atoms with Crippen LogP contribution in [-0.2, 0) is 23.5 Å². The van der Waals surface area contributed by atoms with Crippen LogP contribution < -0.4 is 4.72 Å². The second-order valence-electron chi connectivity index (χ2n) is 7.10. The summed E-state index contributed by atoms with van der Waals surface area (Å²) < 4.78 is 41.9. The first-order valence-electron chi connectivity index (χ1n) is 9.36. The maximum atomic E-state index is 14.6. The summed E-state index contributed by atoms with van der Waals surface area (Å²) in [6.07, 6.45) is 0.243. The van der Waals surface area contributed by atoms with Crippen molar-refractivity contribution in [2.75, 3.05) is 17.1 Å². The van der Waals surface area contributed by atoms with Crippen molar-refractivity contribution in [3.8, 4) is 0 Å². The quantitative estimate of drug-likeness (QED) is 0.538. The third-order valence-electron chi connectivity index (χ3n) is 4.81. The molecule has 3 aromatic rings. The number of sulfonamides is 1. The van der Waals surface area contributed by atoms with Crippen molar-refractivity contribution >= 4 is 21.5 Å². The predicted octanol–water partition coefficient (Wildman–Crippen LogP) is 3.03. The molecule has 8 heteroatoms. The highest BCUT2D eigenvalue weighted by molar-refractivity contribution is 7.92. The fourth-order valence-electron chi connectivity index (χ4n) is 3.11. The molecule has 0 fully saturated rings. The van der Waals surface area contributed by atoms with Crippen molar-refractivity contribution < 1.29 is 22.7 Å². The molecule has 6 nitrogen and oxygen atoms in total. The molecule has 1 heterocycles. The van der Waals surface area contributed by atoms with Gasteiger partial charge in [0.25, 0.3) is 0 Å². The van der Waals surface area contributed by atoms with Crippen LogP contribution in [0.15, 0.2) is 54.6 Å². The zero-order valence-electron chi connectivity index (χ0n) is 16.7. The molecule has 0 bridgehead atoms. The van der Waals surface area contributed by atoms with Crippen LogP contribution >= 0.6 is 0 Å². The largest absolute Gasteiger partial charge is 0.395 e. The van der Waals surface area contributed by atoms with Crippen molar-refractivity contribution in [3.05, 3.63) is 88.5 Å². The van der Waals surface area contributed by atoms with E-state index in [1.165, 1.54) is 6.07 Å². The topological polar surface area (TPSA) is 88.4 Å². The Labute approximate surface area is 175 Å². The summed E-state index contributed by atoms with van der Waals surface area (Å²) in [7, 11) is -1.96. The number of rotatable bonds is 8. The van der Waals surface area contributed by atoms with Crippen molar-refractivity contribution in [3.63, 3.8) is 0 Å². The minimum atomic E-state index is -3.61. The number of halogens is 1. The van der Waals surface area contributed by atoms with Gasteiger partial charge in [0.05, 0.1) is 23.7 Å². The zero-order chi connectivity index (χ0) is 21.9. The van der Waals surface area contributed by atoms with Crippen molar-refractivity contribution in [1.29, 1.82) is 0 Å². The zero-order valence-corrected chi connectivity index (χ0v) is 17.5. The van der Waals surface area contributed by atoms with E-state index in [0.717, 1.165) is 11.1 Å². The second kappa shape index (κ2) is 8.81. The Kier molecular flexibility index (Phi) is 6.38. The number of carbonyl (C=O) groups excluding carboxylic acids is 1. The molecule has 158 valence electrons. The van der Waals surface area contributed by atoms with E-state index in [2.05, 4.69) is 4.72 Å². The lowest BCUT2D eigenvalue weighted by Gasteiger charge is -2.10. The Balaban J connectivity index is 1.79. The van der Waals surface area contributed by atoms with Crippen LogP contribution in [-0.4, -0.2) is 36.2 Å². The standard InChI is InChI=1S/C22H23FN2O4S/c1-15-3-7-17(8-4-15)22(27)21-14-19(23)20(25(21)2)13-16-5-9-18(10-6-16)24-30(28,29)12-11-26/h3-10,14,24,26H,11-13H2,1-2H3. The molecule has 0 aliphatic carbocycles. The third kappa shape index (κ3) is 4.95. The van der Waals surface area contributed by atoms with Crippen LogP contribution in [0.5, 0.6) is 0 Å². The van der Waals surface area contributed by atoms with E-state index in [9.17, 15) is 17.6 Å². The average Bonchev–Trinajstić information content (AvgIpc) is 2.97. The molecule has 2 aromatic carbocycles. The number of benzene rings is 2. The van der Waals surface area contributed by atoms with E-state index < -0.39 is 22.4 Å². The molecular weight excluding hydrogens is 407 g/mol. The van der Waals surface area contributed by atoms with Gasteiger partial charge in [0.15, 0.2) is 0 Å². The van der Waals surface area contributed by atoms with Crippen LogP contribution in [0.25, 0.3) is 0 Å². The summed E-state index contributed by atoms with van der Waals surface area (Å²) in [6, 6.07) is 14.9. The molecule has 1 aromatic heterocycles. The average molecular weight is 431 g/mol. The second-order valence-corrected chi connectivity index (χ2v) is 8.94. The maximum absolute atomic E-state index is 14.6. The number of carbonyl (C=O) groups is 1. The molecule has 2 N–H and O–H groups in total. The number of nitrogens with one attached hydrogen (secondary N) is 1. The van der Waals surface area contributed by atoms with Gasteiger partial charge in [-0.15, -0.1) is 0 Å². The lowest BCUT2D eigenvalue weighted by molar-refractivity contribution is 0.103. The highest BCUT2D eigenvalue weighted by Crippen LogP contribution is 2.21. The number of hydrogen-bond donors (Lipinski definition) is 2. The SMILES string of the molecule is Cc1ccc(C(=O)c2cc(F)c(Cc3ccc(NS(=O)(=O)CCO)cc3)n2C)cc1. The number of aryl methyl sites for hydroxylation is 1. The third-order valence-corrected chi connectivity index (χ3v) is 6.08. The van der Waals surface area contributed by atoms with Gasteiger partial charge in [-0.05, 0) is 24.6 Å². The van der Waals surface area contributed by atoms with Gasteiger partial charge in [0.1, 0.15) is 5.82 Å². The van der Waals surface area contributed by atoms with Gasteiger partial charge >= 0.3 is 0 Å². The summed E-state index contributed by atoms with van der Waals surface area (Å²) in [6.45, 7) is 1.46. The molecule has 0 saturated carbocycles. The molecule has 30 heavy (non-hydrogen) atoms. The molecule has 0 amide bonds. The molecule has 0 saturated heterocycles. The minimum absolute atomic E-state index is 0.243. The smallest absolute Gasteiger partial charge is 0.234 e. The molecule has 0 unspecified atom stereocenters. The first kappa shape index (κ1) is 21.7. The summed E-state index contributed by atoms with van der Waals surface area (Å²) in [5.41, 5.74) is 3.27. The number of aromatic nitrogens is 1. The Morgan fingerprint density at radius 3 is 2.33 bits per heavy atom. The van der Waals surface area contributed by atoms with E-state index in [1.807, 2.05) is 19.1 Å². The fourth-order valence-corrected chi connectivity index (χ4v) is 3.95. The molecule has 0 radical (unpaired) electrons. The van der Waals surface area contributed by atoms with Crippen LogP contribution in [0.3, 0.4) is 0 Å². The van der Waals surface area contributed by atoms with E-state index >= 15 is 0 Å². The highest BCUT2D eigenvalue weighted by Gasteiger charge is 2.19. The summed E-state index contributed by atoms with van der Waals surface area (Å²) >= 11 is 0. The van der Waals surface area contributed by atoms with Gasteiger partial charge in [0, 0.05) is 30.8 Å². The van der Waals surface area contributed by atoms with E-state index in [-0.39, 0.29) is 23.7 Å². The number of nitrogens with zero attached hydrogens (tertiary/aromatic N) is 1. The van der Waals surface area contributed by atoms with Gasteiger partial charge in [-0.25, -0.2) is 12.8 Å². The lowest BCUT2D eigenvalue weighted by Crippen LogP contribution is -2.18. The van der Waals surface area contributed by atoms with Crippen LogP contribution in [0.1, 0.15) is 32.9 Å². The van der Waals surface area contributed by atoms with Crippen molar-refractivity contribution in [2.45, 2.75) is 13.3 Å². The summed E-state index contributed by atoms with van der Waals surface area (Å²) in [5, 5.41) is 8.78. The maximum Gasteiger partial charge on any atom is 0.234 e. The highest BCUT2D eigenvalue weighted by atomic mass is 32.2. The Morgan fingerprint density at radius 2 is 1.73 bits per heavy atom. The normalized spacial score (nSPS) is 11.5. The summed E-state index contributed by atoms with van der Waals surface area (Å²) in [5.74, 6) is -1.11. The Morgan fingerprint density at radius 1 is 1.10 bits per heavy atom. The summed E-state index contributed by atoms with van der Waals surface area (Å²) in [4.78, 5) is 12.8. The van der Waals surface area contributed by atoms with Gasteiger partial charge < -0.3 is 9.67 Å². The first-order chi connectivity index (χ1) is 14.2. The number of aliphatic hydroxyl groups is 1. The first-order valence-corrected chi connectivity index (χ1v) is 11.0. The van der Waals surface area contributed by atoms with E-state index in [0.29, 0.717) is 16.9 Å². The van der Waals surface area contributed by atoms with Gasteiger partial charge in [0.2, 0.25) is 15.8 Å². The van der Waals surface area contributed by atoms with Crippen LogP contribution in [0.2, 0.25) is 0 Å². The van der Waals surface area contributed by atoms with E-state index in [4.69, 9.17) is 5.11 Å². The van der Waals surface area contributed by atoms with Gasteiger partial charge in [-0.1, -0.05) is 42.0 Å². The number of anilines is 1. The monoisotopic (exact) mass is 430 g/mol. The lowest BCUT2D eigenvalue weighted by atomic mass is 10.1. The fraction of sp³-hybridized carbons (Fsp3) is 0.227. The van der Waals surface area contributed by atoms with Gasteiger partial charge in [-0.3, -0.25) is 9.52 Å². The van der Waals surface area contributed by atoms with Crippen LogP contribution in [0, 0.1) is 12.7 Å². The number of hydrogen-bond acceptors (Lipinski definition) is 4. The molecule has 0 atom stereocenters. The molecule has 0 aliphatic rings. The number of aliphatic hydroxyl groups excluding tert-OH is 1.